The normalized spacial score (nSPS) is 13.4. The summed E-state index contributed by atoms with van der Waals surface area (Å²) in [7, 11) is 0. The van der Waals surface area contributed by atoms with E-state index in [4.69, 9.17) is 5.26 Å². The van der Waals surface area contributed by atoms with E-state index in [0.717, 1.165) is 0 Å². The van der Waals surface area contributed by atoms with E-state index in [9.17, 15) is 13.2 Å². The number of rotatable bonds is 5. The molecule has 1 aromatic rings. The number of nitriles is 1. The van der Waals surface area contributed by atoms with Gasteiger partial charge in [0.05, 0.1) is 12.4 Å². The van der Waals surface area contributed by atoms with Gasteiger partial charge in [0.25, 0.3) is 0 Å². The van der Waals surface area contributed by atoms with Gasteiger partial charge in [-0.3, -0.25) is 0 Å². The van der Waals surface area contributed by atoms with Gasteiger partial charge in [-0.05, 0) is 0 Å². The molecule has 0 aliphatic carbocycles. The van der Waals surface area contributed by atoms with Crippen LogP contribution in [-0.2, 0) is 6.54 Å². The molecule has 0 fully saturated rings. The van der Waals surface area contributed by atoms with Gasteiger partial charge in [-0.2, -0.15) is 18.4 Å². The van der Waals surface area contributed by atoms with Gasteiger partial charge < -0.3 is 9.88 Å². The van der Waals surface area contributed by atoms with Crippen LogP contribution in [0.5, 0.6) is 0 Å². The number of halogens is 3. The minimum atomic E-state index is -4.46. The number of nitrogens with zero attached hydrogens (tertiary/aromatic N) is 3. The van der Waals surface area contributed by atoms with E-state index >= 15 is 0 Å². The lowest BCUT2D eigenvalue weighted by Crippen LogP contribution is -2.33. The molecule has 1 heterocycles. The fraction of sp³-hybridized carbons (Fsp3) is 0.556. The van der Waals surface area contributed by atoms with Crippen LogP contribution in [-0.4, -0.2) is 28.8 Å². The Hall–Kier alpha value is -1.55. The molecular formula is C9H11F3N4. The van der Waals surface area contributed by atoms with Crippen LogP contribution in [0.4, 0.5) is 13.2 Å². The second-order valence-electron chi connectivity index (χ2n) is 3.23. The highest BCUT2D eigenvalue weighted by molar-refractivity contribution is 4.89. The molecule has 0 aromatic carbocycles. The van der Waals surface area contributed by atoms with Gasteiger partial charge in [0.1, 0.15) is 0 Å². The molecule has 1 rings (SSSR count). The van der Waals surface area contributed by atoms with E-state index in [1.165, 1.54) is 6.07 Å². The molecule has 0 bridgehead atoms. The SMILES string of the molecule is N#CC(CNCCn1ccnc1)C(F)(F)F. The second kappa shape index (κ2) is 5.51. The van der Waals surface area contributed by atoms with Gasteiger partial charge >= 0.3 is 6.18 Å². The molecule has 4 nitrogen and oxygen atoms in total. The molecule has 1 atom stereocenters. The summed E-state index contributed by atoms with van der Waals surface area (Å²) >= 11 is 0. The number of aromatic nitrogens is 2. The third-order valence-electron chi connectivity index (χ3n) is 2.01. The number of hydrogen-bond donors (Lipinski definition) is 1. The number of nitrogens with one attached hydrogen (secondary N) is 1. The zero-order valence-electron chi connectivity index (χ0n) is 8.41. The summed E-state index contributed by atoms with van der Waals surface area (Å²) in [5.41, 5.74) is 0. The first kappa shape index (κ1) is 12.5. The van der Waals surface area contributed by atoms with E-state index in [0.29, 0.717) is 13.1 Å². The highest BCUT2D eigenvalue weighted by Crippen LogP contribution is 2.24. The van der Waals surface area contributed by atoms with Crippen LogP contribution in [0.15, 0.2) is 18.7 Å². The molecule has 1 aromatic heterocycles. The maximum absolute atomic E-state index is 12.1. The van der Waals surface area contributed by atoms with Crippen molar-refractivity contribution in [3.8, 4) is 6.07 Å². The van der Waals surface area contributed by atoms with E-state index in [-0.39, 0.29) is 6.54 Å². The van der Waals surface area contributed by atoms with Gasteiger partial charge in [-0.25, -0.2) is 4.98 Å². The molecular weight excluding hydrogens is 221 g/mol. The van der Waals surface area contributed by atoms with Gasteiger partial charge in [0.2, 0.25) is 0 Å². The number of hydrogen-bond acceptors (Lipinski definition) is 3. The highest BCUT2D eigenvalue weighted by atomic mass is 19.4. The number of imidazole rings is 1. The fourth-order valence-corrected chi connectivity index (χ4v) is 1.11. The van der Waals surface area contributed by atoms with Crippen LogP contribution in [0.1, 0.15) is 0 Å². The van der Waals surface area contributed by atoms with Gasteiger partial charge in [-0.15, -0.1) is 0 Å². The van der Waals surface area contributed by atoms with Crippen molar-refractivity contribution in [1.29, 1.82) is 5.26 Å². The predicted molar refractivity (Wildman–Crippen MR) is 50.3 cm³/mol. The highest BCUT2D eigenvalue weighted by Gasteiger charge is 2.39. The Morgan fingerprint density at radius 1 is 1.50 bits per heavy atom. The van der Waals surface area contributed by atoms with Crippen molar-refractivity contribution in [2.24, 2.45) is 5.92 Å². The van der Waals surface area contributed by atoms with Crippen molar-refractivity contribution >= 4 is 0 Å². The summed E-state index contributed by atoms with van der Waals surface area (Å²) in [6.45, 7) is 0.509. The average molecular weight is 232 g/mol. The van der Waals surface area contributed by atoms with Crippen LogP contribution in [0.25, 0.3) is 0 Å². The van der Waals surface area contributed by atoms with Crippen LogP contribution in [0.2, 0.25) is 0 Å². The van der Waals surface area contributed by atoms with Crippen LogP contribution < -0.4 is 5.32 Å². The predicted octanol–water partition coefficient (Wildman–Crippen LogP) is 1.17. The summed E-state index contributed by atoms with van der Waals surface area (Å²) in [4.78, 5) is 3.79. The maximum Gasteiger partial charge on any atom is 0.405 e. The van der Waals surface area contributed by atoms with Crippen molar-refractivity contribution < 1.29 is 13.2 Å². The van der Waals surface area contributed by atoms with Crippen LogP contribution in [0.3, 0.4) is 0 Å². The first-order valence-corrected chi connectivity index (χ1v) is 4.67. The van der Waals surface area contributed by atoms with E-state index in [1.54, 1.807) is 23.3 Å². The van der Waals surface area contributed by atoms with Crippen LogP contribution >= 0.6 is 0 Å². The molecule has 88 valence electrons. The van der Waals surface area contributed by atoms with Crippen molar-refractivity contribution in [1.82, 2.24) is 14.9 Å². The van der Waals surface area contributed by atoms with Crippen LogP contribution in [0, 0.1) is 17.2 Å². The average Bonchev–Trinajstić information content (AvgIpc) is 2.68. The molecule has 0 saturated carbocycles. The zero-order chi connectivity index (χ0) is 12.0. The second-order valence-corrected chi connectivity index (χ2v) is 3.23. The summed E-state index contributed by atoms with van der Waals surface area (Å²) in [5.74, 6) is -1.95. The third-order valence-corrected chi connectivity index (χ3v) is 2.01. The Bertz CT molecular complexity index is 339. The molecule has 7 heteroatoms. The Morgan fingerprint density at radius 2 is 2.25 bits per heavy atom. The molecule has 1 unspecified atom stereocenters. The minimum absolute atomic E-state index is 0.366. The summed E-state index contributed by atoms with van der Waals surface area (Å²) in [6, 6.07) is 1.23. The first-order valence-electron chi connectivity index (χ1n) is 4.67. The van der Waals surface area contributed by atoms with Gasteiger partial charge in [0.15, 0.2) is 5.92 Å². The lowest BCUT2D eigenvalue weighted by molar-refractivity contribution is -0.157. The summed E-state index contributed by atoms with van der Waals surface area (Å²) < 4.78 is 38.2. The quantitative estimate of drug-likeness (QED) is 0.775. The van der Waals surface area contributed by atoms with Crippen molar-refractivity contribution in [3.63, 3.8) is 0 Å². The van der Waals surface area contributed by atoms with E-state index in [2.05, 4.69) is 10.3 Å². The molecule has 0 amide bonds. The smallest absolute Gasteiger partial charge is 0.336 e. The van der Waals surface area contributed by atoms with Gasteiger partial charge in [-0.1, -0.05) is 0 Å². The lowest BCUT2D eigenvalue weighted by Gasteiger charge is -2.13. The lowest BCUT2D eigenvalue weighted by atomic mass is 10.1. The molecule has 0 aliphatic heterocycles. The molecule has 0 saturated heterocycles. The van der Waals surface area contributed by atoms with E-state index < -0.39 is 12.1 Å². The summed E-state index contributed by atoms with van der Waals surface area (Å²) in [5, 5.41) is 10.9. The summed E-state index contributed by atoms with van der Waals surface area (Å²) in [6.07, 6.45) is 0.422. The monoisotopic (exact) mass is 232 g/mol. The standard InChI is InChI=1S/C9H11F3N4/c10-9(11,12)8(5-13)6-14-1-3-16-4-2-15-7-16/h2,4,7-8,14H,1,3,6H2. The van der Waals surface area contributed by atoms with Crippen molar-refractivity contribution in [3.05, 3.63) is 18.7 Å². The van der Waals surface area contributed by atoms with Crippen molar-refractivity contribution in [2.75, 3.05) is 13.1 Å². The minimum Gasteiger partial charge on any atom is -0.336 e. The Morgan fingerprint density at radius 3 is 2.75 bits per heavy atom. The molecule has 0 spiro atoms. The molecule has 0 radical (unpaired) electrons. The van der Waals surface area contributed by atoms with Gasteiger partial charge in [0, 0.05) is 32.0 Å². The molecule has 16 heavy (non-hydrogen) atoms. The van der Waals surface area contributed by atoms with Crippen molar-refractivity contribution in [2.45, 2.75) is 12.7 Å². The van der Waals surface area contributed by atoms with E-state index in [1.807, 2.05) is 0 Å². The number of alkyl halides is 3. The molecule has 1 N–H and O–H groups in total. The zero-order valence-corrected chi connectivity index (χ0v) is 8.41. The Kier molecular flexibility index (Phi) is 4.31. The Balaban J connectivity index is 2.22. The molecule has 0 aliphatic rings. The third kappa shape index (κ3) is 3.90. The fourth-order valence-electron chi connectivity index (χ4n) is 1.11. The maximum atomic E-state index is 12.1. The Labute approximate surface area is 90.7 Å². The largest absolute Gasteiger partial charge is 0.405 e. The first-order chi connectivity index (χ1) is 7.54. The topological polar surface area (TPSA) is 53.6 Å².